The summed E-state index contributed by atoms with van der Waals surface area (Å²) in [5.74, 6) is -0.133. The second kappa shape index (κ2) is 12.9. The number of rotatable bonds is 12. The standard InChI is InChI=1S/C21H37NO5/c1-5-6-7-8-18(27-16(3)23)11-9-17-10-12-20(24)19(17)13-14-22-15(2)21(25)26-4/h9,11,15,17-20,22,24H,5-8,10,12-14H2,1-4H3/b11-9+/t15-,17?,18-,19+,20?/m0/s1. The van der Waals surface area contributed by atoms with Crippen LogP contribution in [0.1, 0.15) is 65.7 Å². The number of ether oxygens (including phenoxy) is 2. The van der Waals surface area contributed by atoms with E-state index < -0.39 is 0 Å². The average Bonchev–Trinajstić information content (AvgIpc) is 2.98. The summed E-state index contributed by atoms with van der Waals surface area (Å²) in [6, 6.07) is -0.352. The van der Waals surface area contributed by atoms with Crippen LogP contribution in [0.2, 0.25) is 0 Å². The van der Waals surface area contributed by atoms with Crippen molar-refractivity contribution in [3.63, 3.8) is 0 Å². The Morgan fingerprint density at radius 1 is 1.30 bits per heavy atom. The van der Waals surface area contributed by atoms with Crippen molar-refractivity contribution in [2.24, 2.45) is 11.8 Å². The molecular weight excluding hydrogens is 346 g/mol. The van der Waals surface area contributed by atoms with Crippen molar-refractivity contribution >= 4 is 11.9 Å². The fourth-order valence-electron chi connectivity index (χ4n) is 3.72. The molecule has 0 bridgehead atoms. The van der Waals surface area contributed by atoms with Gasteiger partial charge in [0, 0.05) is 6.92 Å². The Morgan fingerprint density at radius 2 is 2.04 bits per heavy atom. The van der Waals surface area contributed by atoms with Crippen molar-refractivity contribution < 1.29 is 24.2 Å². The topological polar surface area (TPSA) is 84.9 Å². The van der Waals surface area contributed by atoms with Crippen molar-refractivity contribution in [1.82, 2.24) is 5.32 Å². The number of carbonyl (C=O) groups is 2. The highest BCUT2D eigenvalue weighted by Gasteiger charge is 2.33. The van der Waals surface area contributed by atoms with Crippen molar-refractivity contribution in [1.29, 1.82) is 0 Å². The molecule has 1 rings (SSSR count). The monoisotopic (exact) mass is 383 g/mol. The summed E-state index contributed by atoms with van der Waals surface area (Å²) in [6.45, 7) is 6.01. The molecule has 1 aliphatic rings. The lowest BCUT2D eigenvalue weighted by molar-refractivity contribution is -0.144. The smallest absolute Gasteiger partial charge is 0.322 e. The maximum Gasteiger partial charge on any atom is 0.322 e. The molecule has 1 fully saturated rings. The number of allylic oxidation sites excluding steroid dienone is 1. The van der Waals surface area contributed by atoms with Gasteiger partial charge in [-0.3, -0.25) is 9.59 Å². The van der Waals surface area contributed by atoms with Crippen LogP contribution >= 0.6 is 0 Å². The first-order valence-corrected chi connectivity index (χ1v) is 10.2. The lowest BCUT2D eigenvalue weighted by atomic mass is 9.90. The molecule has 0 aliphatic heterocycles. The molecule has 0 saturated heterocycles. The first-order valence-electron chi connectivity index (χ1n) is 10.2. The molecule has 0 radical (unpaired) electrons. The molecule has 27 heavy (non-hydrogen) atoms. The Kier molecular flexibility index (Phi) is 11.3. The molecule has 156 valence electrons. The first kappa shape index (κ1) is 23.6. The van der Waals surface area contributed by atoms with Crippen LogP contribution in [-0.4, -0.2) is 48.9 Å². The van der Waals surface area contributed by atoms with Crippen molar-refractivity contribution in [2.75, 3.05) is 13.7 Å². The minimum atomic E-state index is -0.352. The second-order valence-electron chi connectivity index (χ2n) is 7.49. The molecule has 0 amide bonds. The summed E-state index contributed by atoms with van der Waals surface area (Å²) >= 11 is 0. The fraction of sp³-hybridized carbons (Fsp3) is 0.810. The summed E-state index contributed by atoms with van der Waals surface area (Å²) in [5, 5.41) is 13.5. The lowest BCUT2D eigenvalue weighted by Gasteiger charge is -2.22. The average molecular weight is 384 g/mol. The van der Waals surface area contributed by atoms with E-state index >= 15 is 0 Å². The minimum absolute atomic E-state index is 0.146. The third-order valence-corrected chi connectivity index (χ3v) is 5.31. The van der Waals surface area contributed by atoms with Gasteiger partial charge in [-0.05, 0) is 63.5 Å². The minimum Gasteiger partial charge on any atom is -0.468 e. The van der Waals surface area contributed by atoms with Gasteiger partial charge in [0.2, 0.25) is 0 Å². The van der Waals surface area contributed by atoms with Gasteiger partial charge < -0.3 is 19.9 Å². The van der Waals surface area contributed by atoms with E-state index in [-0.39, 0.29) is 42.0 Å². The number of methoxy groups -OCH3 is 1. The van der Waals surface area contributed by atoms with E-state index in [0.717, 1.165) is 44.9 Å². The number of carbonyl (C=O) groups excluding carboxylic acids is 2. The Morgan fingerprint density at radius 3 is 2.67 bits per heavy atom. The van der Waals surface area contributed by atoms with E-state index in [1.807, 2.05) is 6.08 Å². The van der Waals surface area contributed by atoms with E-state index in [0.29, 0.717) is 6.54 Å². The Bertz CT molecular complexity index is 479. The summed E-state index contributed by atoms with van der Waals surface area (Å²) in [6.07, 6.45) is 10.2. The summed E-state index contributed by atoms with van der Waals surface area (Å²) in [4.78, 5) is 22.8. The molecule has 0 aromatic rings. The molecule has 1 saturated carbocycles. The Balaban J connectivity index is 2.57. The van der Waals surface area contributed by atoms with Gasteiger partial charge in [-0.15, -0.1) is 0 Å². The summed E-state index contributed by atoms with van der Waals surface area (Å²) < 4.78 is 10.1. The van der Waals surface area contributed by atoms with Crippen LogP contribution in [0.3, 0.4) is 0 Å². The number of hydrogen-bond acceptors (Lipinski definition) is 6. The van der Waals surface area contributed by atoms with Crippen LogP contribution in [0, 0.1) is 11.8 Å². The van der Waals surface area contributed by atoms with Crippen molar-refractivity contribution in [3.8, 4) is 0 Å². The molecule has 5 atom stereocenters. The zero-order chi connectivity index (χ0) is 20.2. The zero-order valence-electron chi connectivity index (χ0n) is 17.3. The molecule has 6 nitrogen and oxygen atoms in total. The molecule has 0 spiro atoms. The van der Waals surface area contributed by atoms with Crippen LogP contribution in [0.25, 0.3) is 0 Å². The first-order chi connectivity index (χ1) is 12.9. The third kappa shape index (κ3) is 8.89. The number of unbranched alkanes of at least 4 members (excludes halogenated alkanes) is 2. The molecule has 2 N–H and O–H groups in total. The van der Waals surface area contributed by atoms with E-state index in [1.165, 1.54) is 14.0 Å². The van der Waals surface area contributed by atoms with Gasteiger partial charge >= 0.3 is 11.9 Å². The zero-order valence-corrected chi connectivity index (χ0v) is 17.3. The van der Waals surface area contributed by atoms with Gasteiger partial charge in [0.1, 0.15) is 12.1 Å². The van der Waals surface area contributed by atoms with Gasteiger partial charge in [0.05, 0.1) is 13.2 Å². The molecule has 0 heterocycles. The van der Waals surface area contributed by atoms with Crippen LogP contribution in [0.4, 0.5) is 0 Å². The van der Waals surface area contributed by atoms with Crippen molar-refractivity contribution in [3.05, 3.63) is 12.2 Å². The predicted octanol–water partition coefficient (Wildman–Crippen LogP) is 2.98. The number of esters is 2. The molecule has 1 aliphatic carbocycles. The quantitative estimate of drug-likeness (QED) is 0.306. The summed E-state index contributed by atoms with van der Waals surface area (Å²) in [7, 11) is 1.38. The van der Waals surface area contributed by atoms with Crippen molar-refractivity contribution in [2.45, 2.75) is 84.0 Å². The normalized spacial score (nSPS) is 24.7. The third-order valence-electron chi connectivity index (χ3n) is 5.31. The summed E-state index contributed by atoms with van der Waals surface area (Å²) in [5.41, 5.74) is 0. The fourth-order valence-corrected chi connectivity index (χ4v) is 3.72. The molecule has 6 heteroatoms. The molecule has 2 unspecified atom stereocenters. The number of nitrogens with one attached hydrogen (secondary N) is 1. The van der Waals surface area contributed by atoms with Gasteiger partial charge in [-0.25, -0.2) is 0 Å². The lowest BCUT2D eigenvalue weighted by Crippen LogP contribution is -2.37. The number of aliphatic hydroxyl groups excluding tert-OH is 1. The van der Waals surface area contributed by atoms with Crippen LogP contribution in [0.5, 0.6) is 0 Å². The van der Waals surface area contributed by atoms with Gasteiger partial charge in [-0.1, -0.05) is 25.8 Å². The highest BCUT2D eigenvalue weighted by atomic mass is 16.5. The highest BCUT2D eigenvalue weighted by Crippen LogP contribution is 2.35. The SMILES string of the molecule is CCCCC[C@@H](/C=C/C1CCC(O)[C@@H]1CCN[C@@H](C)C(=O)OC)OC(C)=O. The predicted molar refractivity (Wildman–Crippen MR) is 105 cm³/mol. The number of aliphatic hydroxyl groups is 1. The maximum absolute atomic E-state index is 11.5. The number of hydrogen-bond donors (Lipinski definition) is 2. The largest absolute Gasteiger partial charge is 0.468 e. The van der Waals surface area contributed by atoms with Crippen LogP contribution in [0.15, 0.2) is 12.2 Å². The molecular formula is C21H37NO5. The molecule has 0 aromatic heterocycles. The van der Waals surface area contributed by atoms with E-state index in [9.17, 15) is 14.7 Å². The Hall–Kier alpha value is -1.40. The van der Waals surface area contributed by atoms with E-state index in [2.05, 4.69) is 18.3 Å². The maximum atomic E-state index is 11.5. The van der Waals surface area contributed by atoms with Gasteiger partial charge in [0.25, 0.3) is 0 Å². The van der Waals surface area contributed by atoms with Gasteiger partial charge in [-0.2, -0.15) is 0 Å². The second-order valence-corrected chi connectivity index (χ2v) is 7.49. The Labute approximate surface area is 163 Å². The van der Waals surface area contributed by atoms with Crippen LogP contribution in [-0.2, 0) is 19.1 Å². The highest BCUT2D eigenvalue weighted by molar-refractivity contribution is 5.75. The van der Waals surface area contributed by atoms with Crippen LogP contribution < -0.4 is 5.32 Å². The van der Waals surface area contributed by atoms with Gasteiger partial charge in [0.15, 0.2) is 0 Å². The van der Waals surface area contributed by atoms with E-state index in [4.69, 9.17) is 9.47 Å². The molecule has 0 aromatic carbocycles. The van der Waals surface area contributed by atoms with E-state index in [1.54, 1.807) is 6.92 Å².